The molecule has 1 unspecified atom stereocenters. The van der Waals surface area contributed by atoms with Gasteiger partial charge in [0.05, 0.1) is 12.5 Å². The number of aryl methyl sites for hydroxylation is 2. The zero-order chi connectivity index (χ0) is 17.1. The van der Waals surface area contributed by atoms with E-state index < -0.39 is 0 Å². The maximum atomic E-state index is 13.3. The first kappa shape index (κ1) is 17.4. The van der Waals surface area contributed by atoms with Gasteiger partial charge in [-0.3, -0.25) is 4.79 Å². The van der Waals surface area contributed by atoms with E-state index in [-0.39, 0.29) is 5.92 Å². The van der Waals surface area contributed by atoms with E-state index in [2.05, 4.69) is 34.0 Å². The van der Waals surface area contributed by atoms with Crippen molar-refractivity contribution >= 4 is 5.91 Å². The van der Waals surface area contributed by atoms with Gasteiger partial charge in [0, 0.05) is 25.6 Å². The summed E-state index contributed by atoms with van der Waals surface area (Å²) in [6, 6.07) is 0.435. The molecule has 0 aromatic carbocycles. The van der Waals surface area contributed by atoms with Gasteiger partial charge in [0.25, 0.3) is 0 Å². The molecular formula is C18H31N5O. The molecule has 1 aromatic rings. The monoisotopic (exact) mass is 333 g/mol. The van der Waals surface area contributed by atoms with E-state index in [0.717, 1.165) is 37.6 Å². The van der Waals surface area contributed by atoms with Crippen LogP contribution in [0.5, 0.6) is 0 Å². The second-order valence-electron chi connectivity index (χ2n) is 7.62. The zero-order valence-electron chi connectivity index (χ0n) is 15.4. The van der Waals surface area contributed by atoms with Gasteiger partial charge in [0.1, 0.15) is 11.6 Å². The molecule has 1 aliphatic heterocycles. The first-order valence-corrected chi connectivity index (χ1v) is 9.40. The third-order valence-corrected chi connectivity index (χ3v) is 5.40. The van der Waals surface area contributed by atoms with Gasteiger partial charge in [-0.1, -0.05) is 19.3 Å². The summed E-state index contributed by atoms with van der Waals surface area (Å²) >= 11 is 0. The van der Waals surface area contributed by atoms with Crippen LogP contribution in [-0.2, 0) is 17.8 Å². The zero-order valence-corrected chi connectivity index (χ0v) is 15.4. The number of aromatic nitrogens is 3. The average molecular weight is 333 g/mol. The highest BCUT2D eigenvalue weighted by Gasteiger charge is 2.33. The lowest BCUT2D eigenvalue weighted by molar-refractivity contribution is -0.140. The second kappa shape index (κ2) is 7.64. The van der Waals surface area contributed by atoms with Crippen molar-refractivity contribution in [2.75, 3.05) is 27.2 Å². The summed E-state index contributed by atoms with van der Waals surface area (Å²) in [7, 11) is 4.16. The van der Waals surface area contributed by atoms with Gasteiger partial charge in [-0.2, -0.15) is 5.10 Å². The quantitative estimate of drug-likeness (QED) is 0.825. The molecule has 3 rings (SSSR count). The van der Waals surface area contributed by atoms with Crippen LogP contribution in [0.4, 0.5) is 0 Å². The molecule has 0 radical (unpaired) electrons. The van der Waals surface area contributed by atoms with Gasteiger partial charge in [0.2, 0.25) is 5.91 Å². The van der Waals surface area contributed by atoms with Crippen molar-refractivity contribution in [3.8, 4) is 0 Å². The smallest absolute Gasteiger partial charge is 0.227 e. The molecule has 0 spiro atoms. The van der Waals surface area contributed by atoms with Gasteiger partial charge in [-0.05, 0) is 40.3 Å². The van der Waals surface area contributed by atoms with E-state index in [9.17, 15) is 4.79 Å². The molecule has 6 nitrogen and oxygen atoms in total. The lowest BCUT2D eigenvalue weighted by atomic mass is 9.91. The molecule has 1 aliphatic carbocycles. The summed E-state index contributed by atoms with van der Waals surface area (Å²) in [4.78, 5) is 22.1. The third kappa shape index (κ3) is 3.97. The molecule has 1 fully saturated rings. The van der Waals surface area contributed by atoms with E-state index in [1.807, 2.05) is 11.6 Å². The molecule has 0 saturated heterocycles. The Morgan fingerprint density at radius 2 is 1.92 bits per heavy atom. The molecule has 1 aromatic heterocycles. The lowest BCUT2D eigenvalue weighted by Gasteiger charge is -2.38. The van der Waals surface area contributed by atoms with Crippen LogP contribution in [0.3, 0.4) is 0 Å². The lowest BCUT2D eigenvalue weighted by Crippen LogP contribution is -2.48. The van der Waals surface area contributed by atoms with Gasteiger partial charge >= 0.3 is 0 Å². The topological polar surface area (TPSA) is 54.3 Å². The van der Waals surface area contributed by atoms with E-state index in [0.29, 0.717) is 18.5 Å². The van der Waals surface area contributed by atoms with Crippen LogP contribution in [-0.4, -0.2) is 63.7 Å². The van der Waals surface area contributed by atoms with E-state index in [4.69, 9.17) is 0 Å². The van der Waals surface area contributed by atoms with Crippen molar-refractivity contribution < 1.29 is 4.79 Å². The summed E-state index contributed by atoms with van der Waals surface area (Å²) in [5.41, 5.74) is 0. The summed E-state index contributed by atoms with van der Waals surface area (Å²) in [6.07, 6.45) is 7.93. The fourth-order valence-electron chi connectivity index (χ4n) is 4.04. The molecule has 24 heavy (non-hydrogen) atoms. The Bertz CT molecular complexity index is 562. The summed E-state index contributed by atoms with van der Waals surface area (Å²) < 4.78 is 1.95. The average Bonchev–Trinajstić information content (AvgIpc) is 2.94. The van der Waals surface area contributed by atoms with Crippen molar-refractivity contribution in [2.24, 2.45) is 5.92 Å². The Balaban J connectivity index is 1.70. The highest BCUT2D eigenvalue weighted by molar-refractivity contribution is 5.79. The Kier molecular flexibility index (Phi) is 5.54. The number of amides is 1. The van der Waals surface area contributed by atoms with Crippen LogP contribution in [0.25, 0.3) is 0 Å². The SMILES string of the molecule is Cc1nc2n(n1)CC(C(=O)N(CCN(C)C)C1CCCCC1)CC2. The Labute approximate surface area is 145 Å². The molecule has 1 saturated carbocycles. The Morgan fingerprint density at radius 3 is 2.62 bits per heavy atom. The van der Waals surface area contributed by atoms with Crippen molar-refractivity contribution in [3.05, 3.63) is 11.6 Å². The minimum absolute atomic E-state index is 0.0580. The minimum Gasteiger partial charge on any atom is -0.338 e. The number of likely N-dealkylation sites (N-methyl/N-ethyl adjacent to an activating group) is 1. The minimum atomic E-state index is 0.0580. The van der Waals surface area contributed by atoms with Crippen molar-refractivity contribution in [1.82, 2.24) is 24.6 Å². The summed E-state index contributed by atoms with van der Waals surface area (Å²) in [6.45, 7) is 4.40. The predicted octanol–water partition coefficient (Wildman–Crippen LogP) is 1.87. The van der Waals surface area contributed by atoms with E-state index in [1.54, 1.807) is 0 Å². The molecular weight excluding hydrogens is 302 g/mol. The highest BCUT2D eigenvalue weighted by atomic mass is 16.2. The first-order chi connectivity index (χ1) is 11.5. The maximum Gasteiger partial charge on any atom is 0.227 e. The fraction of sp³-hybridized carbons (Fsp3) is 0.833. The number of rotatable bonds is 5. The highest BCUT2D eigenvalue weighted by Crippen LogP contribution is 2.27. The number of hydrogen-bond donors (Lipinski definition) is 0. The predicted molar refractivity (Wildman–Crippen MR) is 93.7 cm³/mol. The van der Waals surface area contributed by atoms with Gasteiger partial charge in [0.15, 0.2) is 0 Å². The molecule has 134 valence electrons. The molecule has 1 amide bonds. The standard InChI is InChI=1S/C18H31N5O/c1-14-19-17-10-9-15(13-23(17)20-14)18(24)22(12-11-21(2)3)16-7-5-4-6-8-16/h15-16H,4-13H2,1-3H3. The molecule has 0 bridgehead atoms. The molecule has 2 heterocycles. The van der Waals surface area contributed by atoms with Gasteiger partial charge in [-0.15, -0.1) is 0 Å². The summed E-state index contributed by atoms with van der Waals surface area (Å²) in [5, 5.41) is 4.46. The van der Waals surface area contributed by atoms with E-state index in [1.165, 1.54) is 32.1 Å². The number of carbonyl (C=O) groups excluding carboxylic acids is 1. The Hall–Kier alpha value is -1.43. The van der Waals surface area contributed by atoms with Crippen LogP contribution in [0.15, 0.2) is 0 Å². The van der Waals surface area contributed by atoms with Crippen LogP contribution in [0.2, 0.25) is 0 Å². The maximum absolute atomic E-state index is 13.3. The fourth-order valence-corrected chi connectivity index (χ4v) is 4.04. The summed E-state index contributed by atoms with van der Waals surface area (Å²) in [5.74, 6) is 2.24. The first-order valence-electron chi connectivity index (χ1n) is 9.40. The third-order valence-electron chi connectivity index (χ3n) is 5.40. The number of nitrogens with zero attached hydrogens (tertiary/aromatic N) is 5. The number of fused-ring (bicyclic) bond motifs is 1. The van der Waals surface area contributed by atoms with Gasteiger partial charge < -0.3 is 9.80 Å². The number of carbonyl (C=O) groups is 1. The second-order valence-corrected chi connectivity index (χ2v) is 7.62. The normalized spacial score (nSPS) is 21.8. The van der Waals surface area contributed by atoms with Crippen molar-refractivity contribution in [1.29, 1.82) is 0 Å². The van der Waals surface area contributed by atoms with Gasteiger partial charge in [-0.25, -0.2) is 9.67 Å². The Morgan fingerprint density at radius 1 is 1.17 bits per heavy atom. The number of hydrogen-bond acceptors (Lipinski definition) is 4. The largest absolute Gasteiger partial charge is 0.338 e. The molecule has 1 atom stereocenters. The van der Waals surface area contributed by atoms with Crippen LogP contribution < -0.4 is 0 Å². The van der Waals surface area contributed by atoms with Crippen LogP contribution in [0.1, 0.15) is 50.2 Å². The van der Waals surface area contributed by atoms with Crippen LogP contribution in [0, 0.1) is 12.8 Å². The molecule has 6 heteroatoms. The van der Waals surface area contributed by atoms with Crippen molar-refractivity contribution in [2.45, 2.75) is 64.5 Å². The van der Waals surface area contributed by atoms with Crippen LogP contribution >= 0.6 is 0 Å². The van der Waals surface area contributed by atoms with E-state index >= 15 is 0 Å². The van der Waals surface area contributed by atoms with Crippen molar-refractivity contribution in [3.63, 3.8) is 0 Å². The molecule has 2 aliphatic rings. The molecule has 0 N–H and O–H groups in total.